The molecule has 0 radical (unpaired) electrons. The van der Waals surface area contributed by atoms with Gasteiger partial charge in [-0.15, -0.1) is 0 Å². The Balaban J connectivity index is 1.50. The predicted molar refractivity (Wildman–Crippen MR) is 101 cm³/mol. The van der Waals surface area contributed by atoms with Crippen molar-refractivity contribution in [2.75, 3.05) is 19.7 Å². The molecule has 1 saturated carbocycles. The molecule has 5 heteroatoms. The zero-order chi connectivity index (χ0) is 18.5. The fourth-order valence-electron chi connectivity index (χ4n) is 3.34. The second kappa shape index (κ2) is 8.56. The van der Waals surface area contributed by atoms with E-state index in [-0.39, 0.29) is 11.8 Å². The molecule has 1 saturated heterocycles. The number of amides is 2. The van der Waals surface area contributed by atoms with E-state index in [1.54, 1.807) is 0 Å². The molecule has 1 heterocycles. The van der Waals surface area contributed by atoms with Crippen molar-refractivity contribution in [2.45, 2.75) is 52.0 Å². The zero-order valence-electron chi connectivity index (χ0n) is 15.9. The molecule has 26 heavy (non-hydrogen) atoms. The van der Waals surface area contributed by atoms with Gasteiger partial charge in [-0.1, -0.05) is 19.9 Å². The van der Waals surface area contributed by atoms with Crippen LogP contribution >= 0.6 is 0 Å². The van der Waals surface area contributed by atoms with Gasteiger partial charge in [0.05, 0.1) is 6.61 Å². The van der Waals surface area contributed by atoms with Crippen molar-refractivity contribution < 1.29 is 14.3 Å². The SMILES string of the molecule is CC(C)CC(=O)N1CCCC(COc2cccc(C(=O)NC3CC3)c2)C1. The normalized spacial score (nSPS) is 20.1. The number of hydrogen-bond acceptors (Lipinski definition) is 3. The van der Waals surface area contributed by atoms with Gasteiger partial charge in [0.1, 0.15) is 5.75 Å². The van der Waals surface area contributed by atoms with Crippen LogP contribution in [0.4, 0.5) is 0 Å². The number of rotatable bonds is 7. The van der Waals surface area contributed by atoms with Crippen molar-refractivity contribution in [3.63, 3.8) is 0 Å². The zero-order valence-corrected chi connectivity index (χ0v) is 15.9. The molecule has 1 aliphatic carbocycles. The summed E-state index contributed by atoms with van der Waals surface area (Å²) in [4.78, 5) is 26.4. The second-order valence-corrected chi connectivity index (χ2v) is 8.03. The highest BCUT2D eigenvalue weighted by Gasteiger charge is 2.25. The summed E-state index contributed by atoms with van der Waals surface area (Å²) >= 11 is 0. The van der Waals surface area contributed by atoms with Crippen LogP contribution in [0.15, 0.2) is 24.3 Å². The van der Waals surface area contributed by atoms with Crippen LogP contribution in [0.5, 0.6) is 5.75 Å². The van der Waals surface area contributed by atoms with E-state index in [0.717, 1.165) is 44.5 Å². The van der Waals surface area contributed by atoms with E-state index in [1.165, 1.54) is 0 Å². The fraction of sp³-hybridized carbons (Fsp3) is 0.619. The molecule has 0 aromatic heterocycles. The number of nitrogens with zero attached hydrogens (tertiary/aromatic N) is 1. The van der Waals surface area contributed by atoms with Crippen LogP contribution in [0.2, 0.25) is 0 Å². The Labute approximate surface area is 156 Å². The number of likely N-dealkylation sites (tertiary alicyclic amines) is 1. The minimum absolute atomic E-state index is 0.0268. The first-order chi connectivity index (χ1) is 12.5. The van der Waals surface area contributed by atoms with Crippen molar-refractivity contribution in [1.29, 1.82) is 0 Å². The number of ether oxygens (including phenoxy) is 1. The van der Waals surface area contributed by atoms with Gasteiger partial charge in [0.2, 0.25) is 5.91 Å². The third-order valence-electron chi connectivity index (χ3n) is 4.95. The molecule has 0 spiro atoms. The molecule has 1 aromatic carbocycles. The molecule has 1 atom stereocenters. The van der Waals surface area contributed by atoms with Crippen molar-refractivity contribution in [2.24, 2.45) is 11.8 Å². The van der Waals surface area contributed by atoms with E-state index in [4.69, 9.17) is 4.74 Å². The average molecular weight is 358 g/mol. The van der Waals surface area contributed by atoms with E-state index in [2.05, 4.69) is 19.2 Å². The Morgan fingerprint density at radius 1 is 1.27 bits per heavy atom. The monoisotopic (exact) mass is 358 g/mol. The number of nitrogens with one attached hydrogen (secondary N) is 1. The largest absolute Gasteiger partial charge is 0.493 e. The summed E-state index contributed by atoms with van der Waals surface area (Å²) < 4.78 is 5.95. The average Bonchev–Trinajstić information content (AvgIpc) is 3.44. The summed E-state index contributed by atoms with van der Waals surface area (Å²) in [6.07, 6.45) is 4.88. The molecule has 142 valence electrons. The van der Waals surface area contributed by atoms with Crippen LogP contribution in [0, 0.1) is 11.8 Å². The molecule has 3 rings (SSSR count). The van der Waals surface area contributed by atoms with E-state index >= 15 is 0 Å². The van der Waals surface area contributed by atoms with Crippen LogP contribution in [0.1, 0.15) is 56.3 Å². The quantitative estimate of drug-likeness (QED) is 0.814. The van der Waals surface area contributed by atoms with Crippen LogP contribution in [-0.2, 0) is 4.79 Å². The van der Waals surface area contributed by atoms with Crippen LogP contribution in [0.3, 0.4) is 0 Å². The lowest BCUT2D eigenvalue weighted by atomic mass is 9.98. The summed E-state index contributed by atoms with van der Waals surface area (Å²) in [5.41, 5.74) is 0.645. The number of carbonyl (C=O) groups excluding carboxylic acids is 2. The molecular formula is C21H30N2O3. The van der Waals surface area contributed by atoms with Crippen LogP contribution < -0.4 is 10.1 Å². The maximum atomic E-state index is 12.3. The third kappa shape index (κ3) is 5.48. The van der Waals surface area contributed by atoms with Crippen molar-refractivity contribution in [3.05, 3.63) is 29.8 Å². The lowest BCUT2D eigenvalue weighted by Crippen LogP contribution is -2.41. The van der Waals surface area contributed by atoms with Gasteiger partial charge in [0.25, 0.3) is 5.91 Å². The maximum Gasteiger partial charge on any atom is 0.251 e. The summed E-state index contributed by atoms with van der Waals surface area (Å²) in [5.74, 6) is 1.69. The molecule has 2 aliphatic rings. The third-order valence-corrected chi connectivity index (χ3v) is 4.95. The molecule has 5 nitrogen and oxygen atoms in total. The summed E-state index contributed by atoms with van der Waals surface area (Å²) in [7, 11) is 0. The Morgan fingerprint density at radius 2 is 2.08 bits per heavy atom. The van der Waals surface area contributed by atoms with E-state index in [1.807, 2.05) is 29.2 Å². The summed E-state index contributed by atoms with van der Waals surface area (Å²) in [5, 5.41) is 3.00. The van der Waals surface area contributed by atoms with Gasteiger partial charge in [-0.05, 0) is 49.8 Å². The first kappa shape index (κ1) is 18.7. The standard InChI is InChI=1S/C21H30N2O3/c1-15(2)11-20(24)23-10-4-5-16(13-23)14-26-19-7-3-6-17(12-19)21(25)22-18-8-9-18/h3,6-7,12,15-16,18H,4-5,8-11,13-14H2,1-2H3,(H,22,25). The fourth-order valence-corrected chi connectivity index (χ4v) is 3.34. The van der Waals surface area contributed by atoms with Gasteiger partial charge in [-0.2, -0.15) is 0 Å². The molecule has 1 unspecified atom stereocenters. The van der Waals surface area contributed by atoms with Crippen molar-refractivity contribution in [1.82, 2.24) is 10.2 Å². The predicted octanol–water partition coefficient (Wildman–Crippen LogP) is 3.24. The topological polar surface area (TPSA) is 58.6 Å². The van der Waals surface area contributed by atoms with Crippen LogP contribution in [-0.4, -0.2) is 42.5 Å². The molecule has 1 N–H and O–H groups in total. The molecule has 1 aliphatic heterocycles. The number of benzene rings is 1. The van der Waals surface area contributed by atoms with Gasteiger partial charge < -0.3 is 15.0 Å². The lowest BCUT2D eigenvalue weighted by molar-refractivity contribution is -0.134. The van der Waals surface area contributed by atoms with E-state index in [0.29, 0.717) is 36.5 Å². The first-order valence-corrected chi connectivity index (χ1v) is 9.82. The van der Waals surface area contributed by atoms with Gasteiger partial charge >= 0.3 is 0 Å². The Kier molecular flexibility index (Phi) is 6.17. The van der Waals surface area contributed by atoms with Crippen LogP contribution in [0.25, 0.3) is 0 Å². The summed E-state index contributed by atoms with van der Waals surface area (Å²) in [6.45, 7) is 6.37. The van der Waals surface area contributed by atoms with Gasteiger partial charge in [-0.25, -0.2) is 0 Å². The van der Waals surface area contributed by atoms with E-state index < -0.39 is 0 Å². The lowest BCUT2D eigenvalue weighted by Gasteiger charge is -2.33. The molecule has 1 aromatic rings. The highest BCUT2D eigenvalue weighted by Crippen LogP contribution is 2.22. The highest BCUT2D eigenvalue weighted by atomic mass is 16.5. The Morgan fingerprint density at radius 3 is 2.81 bits per heavy atom. The second-order valence-electron chi connectivity index (χ2n) is 8.03. The molecule has 2 amide bonds. The van der Waals surface area contributed by atoms with E-state index in [9.17, 15) is 9.59 Å². The number of hydrogen-bond donors (Lipinski definition) is 1. The first-order valence-electron chi connectivity index (χ1n) is 9.82. The van der Waals surface area contributed by atoms with Crippen molar-refractivity contribution >= 4 is 11.8 Å². The smallest absolute Gasteiger partial charge is 0.251 e. The van der Waals surface area contributed by atoms with Gasteiger partial charge in [0, 0.05) is 37.0 Å². The maximum absolute atomic E-state index is 12.3. The highest BCUT2D eigenvalue weighted by molar-refractivity contribution is 5.94. The van der Waals surface area contributed by atoms with Crippen molar-refractivity contribution in [3.8, 4) is 5.75 Å². The Hall–Kier alpha value is -2.04. The number of piperidine rings is 1. The Bertz CT molecular complexity index is 640. The number of carbonyl (C=O) groups is 2. The minimum Gasteiger partial charge on any atom is -0.493 e. The molecule has 2 fully saturated rings. The van der Waals surface area contributed by atoms with Gasteiger partial charge in [-0.3, -0.25) is 9.59 Å². The minimum atomic E-state index is -0.0268. The molecular weight excluding hydrogens is 328 g/mol. The summed E-state index contributed by atoms with van der Waals surface area (Å²) in [6, 6.07) is 7.72. The molecule has 0 bridgehead atoms. The van der Waals surface area contributed by atoms with Gasteiger partial charge in [0.15, 0.2) is 0 Å².